The number of nitrogens with zero attached hydrogens (tertiary/aromatic N) is 3. The van der Waals surface area contributed by atoms with Gasteiger partial charge >= 0.3 is 0 Å². The van der Waals surface area contributed by atoms with Crippen molar-refractivity contribution in [2.45, 2.75) is 0 Å². The first kappa shape index (κ1) is 15.5. The highest BCUT2D eigenvalue weighted by atomic mass is 35.5. The average Bonchev–Trinajstić information content (AvgIpc) is 2.88. The highest BCUT2D eigenvalue weighted by Gasteiger charge is 2.17. The summed E-state index contributed by atoms with van der Waals surface area (Å²) in [6.07, 6.45) is 5.31. The molecule has 0 spiro atoms. The zero-order valence-corrected chi connectivity index (χ0v) is 14.6. The van der Waals surface area contributed by atoms with Crippen LogP contribution in [-0.4, -0.2) is 14.5 Å². The second kappa shape index (κ2) is 5.78. The Labute approximate surface area is 153 Å². The fraction of sp³-hybridized carbons (Fsp3) is 0. The molecule has 0 amide bonds. The van der Waals surface area contributed by atoms with Gasteiger partial charge in [0.25, 0.3) is 0 Å². The molecule has 0 aliphatic carbocycles. The van der Waals surface area contributed by atoms with Crippen molar-refractivity contribution < 1.29 is 0 Å². The Hall–Kier alpha value is -2.07. The van der Waals surface area contributed by atoms with E-state index in [-0.39, 0.29) is 0 Å². The van der Waals surface area contributed by atoms with Crippen LogP contribution in [0.15, 0.2) is 49.3 Å². The quantitative estimate of drug-likeness (QED) is 0.385. The van der Waals surface area contributed by atoms with Crippen LogP contribution in [0.5, 0.6) is 0 Å². The number of fused-ring (bicyclic) bond motifs is 3. The summed E-state index contributed by atoms with van der Waals surface area (Å²) in [6, 6.07) is 9.30. The zero-order valence-electron chi connectivity index (χ0n) is 12.3. The first-order valence-corrected chi connectivity index (χ1v) is 8.25. The van der Waals surface area contributed by atoms with E-state index in [9.17, 15) is 0 Å². The molecule has 0 saturated carbocycles. The molecule has 3 aromatic heterocycles. The molecule has 0 fully saturated rings. The van der Waals surface area contributed by atoms with Crippen molar-refractivity contribution in [1.29, 1.82) is 0 Å². The number of hydrogen-bond donors (Lipinski definition) is 0. The summed E-state index contributed by atoms with van der Waals surface area (Å²) >= 11 is 18.6. The van der Waals surface area contributed by atoms with Crippen molar-refractivity contribution in [3.63, 3.8) is 0 Å². The van der Waals surface area contributed by atoms with Gasteiger partial charge in [-0.25, -0.2) is 4.98 Å². The van der Waals surface area contributed by atoms with E-state index in [0.717, 1.165) is 32.9 Å². The van der Waals surface area contributed by atoms with E-state index in [2.05, 4.69) is 16.5 Å². The maximum Gasteiger partial charge on any atom is 0.138 e. The molecule has 0 unspecified atom stereocenters. The molecule has 0 aliphatic rings. The Morgan fingerprint density at radius 1 is 1.00 bits per heavy atom. The number of halogens is 3. The third kappa shape index (κ3) is 2.28. The lowest BCUT2D eigenvalue weighted by atomic mass is 10.0. The van der Waals surface area contributed by atoms with Gasteiger partial charge in [-0.3, -0.25) is 4.98 Å². The van der Waals surface area contributed by atoms with Crippen LogP contribution in [0.2, 0.25) is 15.3 Å². The van der Waals surface area contributed by atoms with E-state index in [1.54, 1.807) is 24.7 Å². The number of pyridine rings is 2. The van der Waals surface area contributed by atoms with E-state index in [4.69, 9.17) is 34.8 Å². The van der Waals surface area contributed by atoms with Crippen molar-refractivity contribution >= 4 is 62.8 Å². The van der Waals surface area contributed by atoms with E-state index in [0.29, 0.717) is 15.3 Å². The summed E-state index contributed by atoms with van der Waals surface area (Å²) in [5, 5.41) is 3.33. The Morgan fingerprint density at radius 2 is 1.83 bits per heavy atom. The Morgan fingerprint density at radius 3 is 2.58 bits per heavy atom. The first-order chi connectivity index (χ1) is 11.6. The van der Waals surface area contributed by atoms with Crippen molar-refractivity contribution in [3.05, 3.63) is 64.6 Å². The Kier molecular flexibility index (Phi) is 3.72. The van der Waals surface area contributed by atoms with E-state index in [1.807, 2.05) is 28.8 Å². The topological polar surface area (TPSA) is 30.7 Å². The number of rotatable bonds is 2. The average molecular weight is 375 g/mol. The molecule has 0 bridgehead atoms. The van der Waals surface area contributed by atoms with Crippen LogP contribution in [0.1, 0.15) is 0 Å². The molecule has 24 heavy (non-hydrogen) atoms. The molecule has 6 heteroatoms. The molecular weight excluding hydrogens is 365 g/mol. The predicted octanol–water partition coefficient (Wildman–Crippen LogP) is 6.31. The third-order valence-electron chi connectivity index (χ3n) is 3.95. The van der Waals surface area contributed by atoms with Gasteiger partial charge in [0.2, 0.25) is 0 Å². The molecule has 118 valence electrons. The van der Waals surface area contributed by atoms with Crippen molar-refractivity contribution in [2.24, 2.45) is 0 Å². The van der Waals surface area contributed by atoms with Crippen LogP contribution in [0, 0.1) is 0 Å². The SMILES string of the molecule is C=Cn1c2cnccc2c2cc(Cl)cc(-c3ccc(Cl)nc3Cl)c21. The molecule has 0 aliphatic heterocycles. The van der Waals surface area contributed by atoms with Crippen LogP contribution in [0.4, 0.5) is 0 Å². The van der Waals surface area contributed by atoms with Crippen LogP contribution < -0.4 is 0 Å². The molecule has 3 nitrogen and oxygen atoms in total. The lowest BCUT2D eigenvalue weighted by Gasteiger charge is -2.09. The molecule has 4 rings (SSSR count). The van der Waals surface area contributed by atoms with Gasteiger partial charge in [0, 0.05) is 39.3 Å². The van der Waals surface area contributed by atoms with E-state index in [1.165, 1.54) is 0 Å². The predicted molar refractivity (Wildman–Crippen MR) is 102 cm³/mol. The van der Waals surface area contributed by atoms with Gasteiger partial charge in [-0.05, 0) is 30.3 Å². The van der Waals surface area contributed by atoms with Crippen molar-refractivity contribution in [3.8, 4) is 11.1 Å². The highest BCUT2D eigenvalue weighted by Crippen LogP contribution is 2.40. The zero-order chi connectivity index (χ0) is 16.8. The monoisotopic (exact) mass is 373 g/mol. The second-order valence-electron chi connectivity index (χ2n) is 5.27. The molecule has 4 aromatic rings. The molecule has 1 aromatic carbocycles. The van der Waals surface area contributed by atoms with Gasteiger partial charge < -0.3 is 4.57 Å². The van der Waals surface area contributed by atoms with Crippen molar-refractivity contribution in [1.82, 2.24) is 14.5 Å². The number of hydrogen-bond acceptors (Lipinski definition) is 2. The Balaban J connectivity index is 2.22. The summed E-state index contributed by atoms with van der Waals surface area (Å²) < 4.78 is 1.98. The minimum atomic E-state index is 0.324. The normalized spacial score (nSPS) is 11.3. The highest BCUT2D eigenvalue weighted by molar-refractivity contribution is 6.36. The van der Waals surface area contributed by atoms with Crippen molar-refractivity contribution in [2.75, 3.05) is 0 Å². The van der Waals surface area contributed by atoms with Crippen LogP contribution in [0.3, 0.4) is 0 Å². The molecule has 0 saturated heterocycles. The summed E-state index contributed by atoms with van der Waals surface area (Å²) in [4.78, 5) is 8.35. The summed E-state index contributed by atoms with van der Waals surface area (Å²) in [7, 11) is 0. The standard InChI is InChI=1S/C18H10Cl3N3/c1-2-24-15-9-22-6-5-11(15)13-7-10(19)8-14(17(13)24)12-3-4-16(20)23-18(12)21/h2-9H,1H2. The van der Waals surface area contributed by atoms with Crippen LogP contribution in [-0.2, 0) is 0 Å². The van der Waals surface area contributed by atoms with Gasteiger partial charge in [0.1, 0.15) is 10.3 Å². The lowest BCUT2D eigenvalue weighted by molar-refractivity contribution is 1.26. The number of benzene rings is 1. The molecule has 0 atom stereocenters. The van der Waals surface area contributed by atoms with Gasteiger partial charge in [-0.1, -0.05) is 41.4 Å². The van der Waals surface area contributed by atoms with E-state index < -0.39 is 0 Å². The minimum absolute atomic E-state index is 0.324. The van der Waals surface area contributed by atoms with Gasteiger partial charge in [-0.2, -0.15) is 0 Å². The summed E-state index contributed by atoms with van der Waals surface area (Å²) in [6.45, 7) is 3.93. The van der Waals surface area contributed by atoms with Crippen LogP contribution in [0.25, 0.3) is 39.1 Å². The fourth-order valence-corrected chi connectivity index (χ4v) is 3.66. The first-order valence-electron chi connectivity index (χ1n) is 7.12. The third-order valence-corrected chi connectivity index (χ3v) is 4.67. The summed E-state index contributed by atoms with van der Waals surface area (Å²) in [5.41, 5.74) is 3.52. The van der Waals surface area contributed by atoms with E-state index >= 15 is 0 Å². The fourth-order valence-electron chi connectivity index (χ4n) is 3.00. The number of aromatic nitrogens is 3. The smallest absolute Gasteiger partial charge is 0.138 e. The maximum absolute atomic E-state index is 6.37. The molecular formula is C18H10Cl3N3. The molecule has 0 radical (unpaired) electrons. The Bertz CT molecular complexity index is 1120. The van der Waals surface area contributed by atoms with Gasteiger partial charge in [0.15, 0.2) is 0 Å². The second-order valence-corrected chi connectivity index (χ2v) is 6.45. The molecule has 0 N–H and O–H groups in total. The maximum atomic E-state index is 6.37. The van der Waals surface area contributed by atoms with Crippen LogP contribution >= 0.6 is 34.8 Å². The molecule has 3 heterocycles. The van der Waals surface area contributed by atoms with Gasteiger partial charge in [-0.15, -0.1) is 0 Å². The lowest BCUT2D eigenvalue weighted by Crippen LogP contribution is -1.91. The van der Waals surface area contributed by atoms with Gasteiger partial charge in [0.05, 0.1) is 17.2 Å². The summed E-state index contributed by atoms with van der Waals surface area (Å²) in [5.74, 6) is 0. The largest absolute Gasteiger partial charge is 0.314 e. The minimum Gasteiger partial charge on any atom is -0.314 e.